The van der Waals surface area contributed by atoms with Gasteiger partial charge >= 0.3 is 0 Å². The first-order valence-electron chi connectivity index (χ1n) is 6.85. The normalized spacial score (nSPS) is 10.5. The number of aromatic nitrogens is 2. The number of fused-ring (bicyclic) bond motifs is 1. The molecule has 3 N–H and O–H groups in total. The van der Waals surface area contributed by atoms with E-state index in [4.69, 9.17) is 12.2 Å². The van der Waals surface area contributed by atoms with Crippen LogP contribution in [0.4, 0.5) is 5.95 Å². The molecule has 0 spiro atoms. The van der Waals surface area contributed by atoms with Gasteiger partial charge in [0.25, 0.3) is 0 Å². The maximum absolute atomic E-state index is 5.27. The zero-order valence-corrected chi connectivity index (χ0v) is 12.3. The number of rotatable bonds is 4. The average molecular weight is 296 g/mol. The Kier molecular flexibility index (Phi) is 4.12. The minimum Gasteiger partial charge on any atom is -0.362 e. The molecule has 1 heterocycles. The summed E-state index contributed by atoms with van der Waals surface area (Å²) in [4.78, 5) is 7.61. The highest BCUT2D eigenvalue weighted by Gasteiger charge is 2.03. The Balaban J connectivity index is 1.52. The van der Waals surface area contributed by atoms with Crippen molar-refractivity contribution in [2.24, 2.45) is 0 Å². The highest BCUT2D eigenvalue weighted by molar-refractivity contribution is 7.80. The molecule has 106 valence electrons. The molecule has 0 bridgehead atoms. The van der Waals surface area contributed by atoms with Gasteiger partial charge in [-0.3, -0.25) is 0 Å². The smallest absolute Gasteiger partial charge is 0.207 e. The number of aromatic amines is 1. The number of benzene rings is 2. The molecular formula is C16H16N4S. The minimum atomic E-state index is 0.574. The Morgan fingerprint density at radius 2 is 1.81 bits per heavy atom. The highest BCUT2D eigenvalue weighted by atomic mass is 32.1. The predicted octanol–water partition coefficient (Wildman–Crippen LogP) is 3.09. The van der Waals surface area contributed by atoms with Crippen LogP contribution in [0.3, 0.4) is 0 Å². The molecule has 0 radical (unpaired) electrons. The Bertz CT molecular complexity index is 703. The second kappa shape index (κ2) is 6.37. The average Bonchev–Trinajstić information content (AvgIpc) is 2.90. The van der Waals surface area contributed by atoms with Gasteiger partial charge < -0.3 is 15.6 Å². The summed E-state index contributed by atoms with van der Waals surface area (Å²) >= 11 is 5.27. The molecule has 0 saturated carbocycles. The second-order valence-electron chi connectivity index (χ2n) is 4.72. The van der Waals surface area contributed by atoms with Crippen molar-refractivity contribution in [3.05, 3.63) is 60.2 Å². The van der Waals surface area contributed by atoms with Crippen LogP contribution in [0.5, 0.6) is 0 Å². The Morgan fingerprint density at radius 1 is 1.05 bits per heavy atom. The van der Waals surface area contributed by atoms with Crippen molar-refractivity contribution in [2.45, 2.75) is 6.42 Å². The quantitative estimate of drug-likeness (QED) is 0.648. The molecule has 1 aromatic heterocycles. The van der Waals surface area contributed by atoms with E-state index < -0.39 is 0 Å². The number of hydrogen-bond donors (Lipinski definition) is 3. The number of thiocarbonyl (C=S) groups is 1. The molecule has 0 atom stereocenters. The Morgan fingerprint density at radius 3 is 2.62 bits per heavy atom. The Labute approximate surface area is 128 Å². The summed E-state index contributed by atoms with van der Waals surface area (Å²) in [5.74, 6) is 0.661. The molecule has 0 aliphatic rings. The van der Waals surface area contributed by atoms with Gasteiger partial charge in [-0.1, -0.05) is 42.5 Å². The highest BCUT2D eigenvalue weighted by Crippen LogP contribution is 2.12. The lowest BCUT2D eigenvalue weighted by atomic mass is 10.1. The zero-order chi connectivity index (χ0) is 14.5. The lowest BCUT2D eigenvalue weighted by Gasteiger charge is -2.08. The first-order valence-corrected chi connectivity index (χ1v) is 7.25. The fourth-order valence-electron chi connectivity index (χ4n) is 2.13. The van der Waals surface area contributed by atoms with Crippen LogP contribution in [0, 0.1) is 0 Å². The van der Waals surface area contributed by atoms with Crippen molar-refractivity contribution >= 4 is 34.3 Å². The van der Waals surface area contributed by atoms with E-state index >= 15 is 0 Å². The number of hydrogen-bond acceptors (Lipinski definition) is 2. The molecule has 2 aromatic carbocycles. The summed E-state index contributed by atoms with van der Waals surface area (Å²) in [6, 6.07) is 18.2. The zero-order valence-electron chi connectivity index (χ0n) is 11.5. The van der Waals surface area contributed by atoms with Crippen molar-refractivity contribution in [1.29, 1.82) is 0 Å². The van der Waals surface area contributed by atoms with E-state index in [0.717, 1.165) is 24.0 Å². The monoisotopic (exact) mass is 296 g/mol. The molecule has 0 saturated heterocycles. The van der Waals surface area contributed by atoms with Crippen LogP contribution in [-0.4, -0.2) is 21.6 Å². The molecular weight excluding hydrogens is 280 g/mol. The fraction of sp³-hybridized carbons (Fsp3) is 0.125. The van der Waals surface area contributed by atoms with Crippen LogP contribution in [-0.2, 0) is 6.42 Å². The van der Waals surface area contributed by atoms with Crippen LogP contribution < -0.4 is 10.6 Å². The van der Waals surface area contributed by atoms with Gasteiger partial charge in [0, 0.05) is 6.54 Å². The lowest BCUT2D eigenvalue weighted by Crippen LogP contribution is -2.30. The molecule has 0 aliphatic heterocycles. The van der Waals surface area contributed by atoms with Gasteiger partial charge in [-0.05, 0) is 36.3 Å². The Hall–Kier alpha value is -2.40. The number of para-hydroxylation sites is 2. The van der Waals surface area contributed by atoms with Crippen molar-refractivity contribution < 1.29 is 0 Å². The summed E-state index contributed by atoms with van der Waals surface area (Å²) in [5, 5.41) is 6.83. The summed E-state index contributed by atoms with van der Waals surface area (Å²) in [6.07, 6.45) is 0.933. The van der Waals surface area contributed by atoms with Crippen LogP contribution in [0.2, 0.25) is 0 Å². The van der Waals surface area contributed by atoms with Gasteiger partial charge in [0.2, 0.25) is 5.95 Å². The predicted molar refractivity (Wildman–Crippen MR) is 90.5 cm³/mol. The first-order chi connectivity index (χ1) is 10.3. The summed E-state index contributed by atoms with van der Waals surface area (Å²) in [7, 11) is 0. The van der Waals surface area contributed by atoms with Gasteiger partial charge in [-0.15, -0.1) is 0 Å². The van der Waals surface area contributed by atoms with Gasteiger partial charge in [-0.2, -0.15) is 0 Å². The third-order valence-corrected chi connectivity index (χ3v) is 3.41. The molecule has 3 aromatic rings. The SMILES string of the molecule is S=C(NCCc1ccccc1)Nc1nc2ccccc2[nH]1. The van der Waals surface area contributed by atoms with Gasteiger partial charge in [0.05, 0.1) is 11.0 Å². The third kappa shape index (κ3) is 3.58. The maximum Gasteiger partial charge on any atom is 0.207 e. The minimum absolute atomic E-state index is 0.574. The number of imidazole rings is 1. The molecule has 0 amide bonds. The maximum atomic E-state index is 5.27. The molecule has 5 heteroatoms. The van der Waals surface area contributed by atoms with E-state index in [-0.39, 0.29) is 0 Å². The van der Waals surface area contributed by atoms with Crippen molar-refractivity contribution in [3.63, 3.8) is 0 Å². The topological polar surface area (TPSA) is 52.7 Å². The lowest BCUT2D eigenvalue weighted by molar-refractivity contribution is 0.872. The summed E-state index contributed by atoms with van der Waals surface area (Å²) in [6.45, 7) is 0.788. The summed E-state index contributed by atoms with van der Waals surface area (Å²) < 4.78 is 0. The van der Waals surface area contributed by atoms with Crippen LogP contribution in [0.1, 0.15) is 5.56 Å². The van der Waals surface area contributed by atoms with E-state index in [1.807, 2.05) is 42.5 Å². The largest absolute Gasteiger partial charge is 0.362 e. The van der Waals surface area contributed by atoms with Gasteiger partial charge in [-0.25, -0.2) is 4.98 Å². The molecule has 4 nitrogen and oxygen atoms in total. The van der Waals surface area contributed by atoms with E-state index in [2.05, 4.69) is 32.7 Å². The van der Waals surface area contributed by atoms with Crippen molar-refractivity contribution in [2.75, 3.05) is 11.9 Å². The van der Waals surface area contributed by atoms with Gasteiger partial charge in [0.15, 0.2) is 5.11 Å². The van der Waals surface area contributed by atoms with E-state index in [1.165, 1.54) is 5.56 Å². The number of anilines is 1. The third-order valence-electron chi connectivity index (χ3n) is 3.16. The number of nitrogens with zero attached hydrogens (tertiary/aromatic N) is 1. The second-order valence-corrected chi connectivity index (χ2v) is 5.13. The van der Waals surface area contributed by atoms with Crippen LogP contribution >= 0.6 is 12.2 Å². The van der Waals surface area contributed by atoms with Crippen LogP contribution in [0.15, 0.2) is 54.6 Å². The van der Waals surface area contributed by atoms with E-state index in [1.54, 1.807) is 0 Å². The first kappa shape index (κ1) is 13.6. The fourth-order valence-corrected chi connectivity index (χ4v) is 2.33. The van der Waals surface area contributed by atoms with Gasteiger partial charge in [0.1, 0.15) is 0 Å². The van der Waals surface area contributed by atoms with Crippen molar-refractivity contribution in [1.82, 2.24) is 15.3 Å². The molecule has 0 fully saturated rings. The summed E-state index contributed by atoms with van der Waals surface area (Å²) in [5.41, 5.74) is 3.20. The molecule has 21 heavy (non-hydrogen) atoms. The standard InChI is InChI=1S/C16H16N4S/c21-16(17-11-10-12-6-2-1-3-7-12)20-15-18-13-8-4-5-9-14(13)19-15/h1-9H,10-11H2,(H3,17,18,19,20,21). The molecule has 3 rings (SSSR count). The number of nitrogens with one attached hydrogen (secondary N) is 3. The molecule has 0 aliphatic carbocycles. The van der Waals surface area contributed by atoms with E-state index in [9.17, 15) is 0 Å². The molecule has 0 unspecified atom stereocenters. The van der Waals surface area contributed by atoms with E-state index in [0.29, 0.717) is 11.1 Å². The van der Waals surface area contributed by atoms with Crippen LogP contribution in [0.25, 0.3) is 11.0 Å². The number of H-pyrrole nitrogens is 1. The van der Waals surface area contributed by atoms with Crippen molar-refractivity contribution in [3.8, 4) is 0 Å².